The summed E-state index contributed by atoms with van der Waals surface area (Å²) < 4.78 is 32.7. The maximum atomic E-state index is 13.9. The SMILES string of the molecule is CCc1cc2c(F)c(F)cc(CCNC(=O)OC(C)(C)C)c2[nH]1. The molecule has 0 atom stereocenters. The number of rotatable bonds is 4. The van der Waals surface area contributed by atoms with Crippen LogP contribution in [0.1, 0.15) is 39.0 Å². The average Bonchev–Trinajstić information content (AvgIpc) is 2.87. The van der Waals surface area contributed by atoms with Gasteiger partial charge in [-0.3, -0.25) is 0 Å². The smallest absolute Gasteiger partial charge is 0.407 e. The predicted octanol–water partition coefficient (Wildman–Crippen LogP) is 4.08. The summed E-state index contributed by atoms with van der Waals surface area (Å²) in [6.07, 6.45) is 0.541. The van der Waals surface area contributed by atoms with Crippen LogP contribution in [-0.4, -0.2) is 23.2 Å². The standard InChI is InChI=1S/C17H22F2N2O2/c1-5-11-9-12-14(19)13(18)8-10(15(12)21-11)6-7-20-16(22)23-17(2,3)4/h8-9,21H,5-7H2,1-4H3,(H,20,22). The molecule has 6 heteroatoms. The summed E-state index contributed by atoms with van der Waals surface area (Å²) in [5.74, 6) is -1.73. The summed E-state index contributed by atoms with van der Waals surface area (Å²) in [7, 11) is 0. The Labute approximate surface area is 134 Å². The molecule has 2 N–H and O–H groups in total. The first-order valence-corrected chi connectivity index (χ1v) is 7.66. The minimum atomic E-state index is -0.883. The van der Waals surface area contributed by atoms with Crippen molar-refractivity contribution in [2.45, 2.75) is 46.1 Å². The molecule has 0 fully saturated rings. The average molecular weight is 324 g/mol. The predicted molar refractivity (Wildman–Crippen MR) is 85.5 cm³/mol. The van der Waals surface area contributed by atoms with Crippen LogP contribution in [0.5, 0.6) is 0 Å². The van der Waals surface area contributed by atoms with Crippen molar-refractivity contribution in [1.82, 2.24) is 10.3 Å². The van der Waals surface area contributed by atoms with E-state index in [-0.39, 0.29) is 11.9 Å². The largest absolute Gasteiger partial charge is 0.444 e. The van der Waals surface area contributed by atoms with Gasteiger partial charge in [-0.15, -0.1) is 0 Å². The molecule has 2 aromatic rings. The first-order chi connectivity index (χ1) is 10.7. The molecule has 1 aromatic heterocycles. The highest BCUT2D eigenvalue weighted by Gasteiger charge is 2.17. The van der Waals surface area contributed by atoms with Gasteiger partial charge in [0.1, 0.15) is 5.60 Å². The molecule has 23 heavy (non-hydrogen) atoms. The molecule has 1 amide bonds. The van der Waals surface area contributed by atoms with Crippen LogP contribution in [0.4, 0.5) is 13.6 Å². The quantitative estimate of drug-likeness (QED) is 0.890. The Kier molecular flexibility index (Phi) is 4.92. The molecular formula is C17H22F2N2O2. The second kappa shape index (κ2) is 6.56. The van der Waals surface area contributed by atoms with Gasteiger partial charge in [-0.2, -0.15) is 0 Å². The molecule has 0 bridgehead atoms. The molecule has 0 aliphatic rings. The summed E-state index contributed by atoms with van der Waals surface area (Å²) in [4.78, 5) is 14.7. The van der Waals surface area contributed by atoms with Crippen molar-refractivity contribution in [1.29, 1.82) is 0 Å². The highest BCUT2D eigenvalue weighted by atomic mass is 19.2. The van der Waals surface area contributed by atoms with Gasteiger partial charge in [0.05, 0.1) is 5.52 Å². The van der Waals surface area contributed by atoms with Gasteiger partial charge in [-0.1, -0.05) is 6.92 Å². The highest BCUT2D eigenvalue weighted by molar-refractivity contribution is 5.84. The molecule has 0 radical (unpaired) electrons. The maximum absolute atomic E-state index is 13.9. The molecule has 0 saturated heterocycles. The van der Waals surface area contributed by atoms with Crippen LogP contribution in [0.15, 0.2) is 12.1 Å². The van der Waals surface area contributed by atoms with Gasteiger partial charge in [0.15, 0.2) is 11.6 Å². The Morgan fingerprint density at radius 2 is 2.00 bits per heavy atom. The zero-order chi connectivity index (χ0) is 17.2. The Balaban J connectivity index is 2.13. The molecule has 4 nitrogen and oxygen atoms in total. The van der Waals surface area contributed by atoms with Crippen LogP contribution < -0.4 is 5.32 Å². The number of amides is 1. The zero-order valence-electron chi connectivity index (χ0n) is 13.8. The third kappa shape index (κ3) is 4.21. The van der Waals surface area contributed by atoms with E-state index in [9.17, 15) is 13.6 Å². The monoisotopic (exact) mass is 324 g/mol. The molecule has 0 unspecified atom stereocenters. The maximum Gasteiger partial charge on any atom is 0.407 e. The van der Waals surface area contributed by atoms with Crippen LogP contribution in [0, 0.1) is 11.6 Å². The number of aromatic amines is 1. The minimum Gasteiger partial charge on any atom is -0.444 e. The van der Waals surface area contributed by atoms with E-state index in [2.05, 4.69) is 10.3 Å². The lowest BCUT2D eigenvalue weighted by Crippen LogP contribution is -2.33. The number of benzene rings is 1. The molecule has 0 aliphatic heterocycles. The highest BCUT2D eigenvalue weighted by Crippen LogP contribution is 2.25. The summed E-state index contributed by atoms with van der Waals surface area (Å²) in [6, 6.07) is 2.79. The first-order valence-electron chi connectivity index (χ1n) is 7.66. The molecule has 2 rings (SSSR count). The number of carbonyl (C=O) groups excluding carboxylic acids is 1. The Morgan fingerprint density at radius 3 is 2.61 bits per heavy atom. The van der Waals surface area contributed by atoms with Crippen molar-refractivity contribution >= 4 is 17.0 Å². The Hall–Kier alpha value is -2.11. The lowest BCUT2D eigenvalue weighted by atomic mass is 10.1. The van der Waals surface area contributed by atoms with E-state index in [1.165, 1.54) is 6.07 Å². The minimum absolute atomic E-state index is 0.245. The number of halogens is 2. The van der Waals surface area contributed by atoms with Gasteiger partial charge in [0, 0.05) is 17.6 Å². The number of alkyl carbamates (subject to hydrolysis) is 1. The van der Waals surface area contributed by atoms with Crippen LogP contribution in [-0.2, 0) is 17.6 Å². The summed E-state index contributed by atoms with van der Waals surface area (Å²) in [5.41, 5.74) is 1.46. The third-order valence-electron chi connectivity index (χ3n) is 3.39. The number of H-pyrrole nitrogens is 1. The van der Waals surface area contributed by atoms with Gasteiger partial charge in [0.25, 0.3) is 0 Å². The van der Waals surface area contributed by atoms with Crippen LogP contribution in [0.2, 0.25) is 0 Å². The summed E-state index contributed by atoms with van der Waals surface area (Å²) in [6.45, 7) is 7.53. The van der Waals surface area contributed by atoms with E-state index >= 15 is 0 Å². The van der Waals surface area contributed by atoms with Gasteiger partial charge < -0.3 is 15.0 Å². The molecule has 126 valence electrons. The van der Waals surface area contributed by atoms with Gasteiger partial charge in [-0.25, -0.2) is 13.6 Å². The van der Waals surface area contributed by atoms with Crippen LogP contribution >= 0.6 is 0 Å². The summed E-state index contributed by atoms with van der Waals surface area (Å²) >= 11 is 0. The summed E-state index contributed by atoms with van der Waals surface area (Å²) in [5, 5.41) is 2.86. The number of aryl methyl sites for hydroxylation is 1. The fourth-order valence-corrected chi connectivity index (χ4v) is 2.35. The molecule has 0 spiro atoms. The number of aromatic nitrogens is 1. The number of fused-ring (bicyclic) bond motifs is 1. The van der Waals surface area contributed by atoms with E-state index in [1.54, 1.807) is 26.8 Å². The van der Waals surface area contributed by atoms with Crippen molar-refractivity contribution in [2.75, 3.05) is 6.54 Å². The van der Waals surface area contributed by atoms with Gasteiger partial charge in [0.2, 0.25) is 0 Å². The first kappa shape index (κ1) is 17.2. The lowest BCUT2D eigenvalue weighted by Gasteiger charge is -2.19. The fraction of sp³-hybridized carbons (Fsp3) is 0.471. The number of nitrogens with one attached hydrogen (secondary N) is 2. The van der Waals surface area contributed by atoms with E-state index in [0.717, 1.165) is 5.69 Å². The third-order valence-corrected chi connectivity index (χ3v) is 3.39. The second-order valence-electron chi connectivity index (χ2n) is 6.45. The van der Waals surface area contributed by atoms with Gasteiger partial charge >= 0.3 is 6.09 Å². The zero-order valence-corrected chi connectivity index (χ0v) is 13.8. The van der Waals surface area contributed by atoms with Crippen LogP contribution in [0.25, 0.3) is 10.9 Å². The van der Waals surface area contributed by atoms with E-state index in [4.69, 9.17) is 4.74 Å². The molecule has 1 aromatic carbocycles. The van der Waals surface area contributed by atoms with Crippen LogP contribution in [0.3, 0.4) is 0 Å². The fourth-order valence-electron chi connectivity index (χ4n) is 2.35. The normalized spacial score (nSPS) is 11.7. The molecular weight excluding hydrogens is 302 g/mol. The van der Waals surface area contributed by atoms with Crippen molar-refractivity contribution in [3.63, 3.8) is 0 Å². The molecule has 0 saturated carbocycles. The van der Waals surface area contributed by atoms with E-state index < -0.39 is 23.3 Å². The van der Waals surface area contributed by atoms with Crippen molar-refractivity contribution < 1.29 is 18.3 Å². The van der Waals surface area contributed by atoms with Crippen molar-refractivity contribution in [3.8, 4) is 0 Å². The Bertz CT molecular complexity index is 717. The number of carbonyl (C=O) groups is 1. The number of hydrogen-bond donors (Lipinski definition) is 2. The van der Waals surface area contributed by atoms with E-state index in [0.29, 0.717) is 23.9 Å². The topological polar surface area (TPSA) is 54.1 Å². The Morgan fingerprint density at radius 1 is 1.30 bits per heavy atom. The molecule has 1 heterocycles. The second-order valence-corrected chi connectivity index (χ2v) is 6.45. The number of hydrogen-bond acceptors (Lipinski definition) is 2. The van der Waals surface area contributed by atoms with E-state index in [1.807, 2.05) is 6.92 Å². The van der Waals surface area contributed by atoms with Crippen molar-refractivity contribution in [2.24, 2.45) is 0 Å². The lowest BCUT2D eigenvalue weighted by molar-refractivity contribution is 0.0528. The molecule has 0 aliphatic carbocycles. The number of ether oxygens (including phenoxy) is 1. The van der Waals surface area contributed by atoms with Gasteiger partial charge in [-0.05, 0) is 51.3 Å². The van der Waals surface area contributed by atoms with Crippen molar-refractivity contribution in [3.05, 3.63) is 35.0 Å².